The van der Waals surface area contributed by atoms with Crippen LogP contribution in [0, 0.1) is 0 Å². The van der Waals surface area contributed by atoms with Crippen molar-refractivity contribution in [3.63, 3.8) is 0 Å². The zero-order chi connectivity index (χ0) is 15.1. The summed E-state index contributed by atoms with van der Waals surface area (Å²) in [6.07, 6.45) is 3.89. The molecule has 3 aromatic rings. The minimum Gasteiger partial charge on any atom is -0.461 e. The number of aromatic nitrogens is 5. The van der Waals surface area contributed by atoms with Crippen LogP contribution in [0.25, 0.3) is 11.6 Å². The number of nitrogens with zero attached hydrogens (tertiary/aromatic N) is 5. The number of rotatable bonds is 4. The molecule has 0 radical (unpaired) electrons. The standard InChI is InChI=1S/C14H12ClN5OS/c1-20-13(9-3-2-6-21-9)18-19-14(20)22-11-7-10(15)16-12(17-11)8-4-5-8/h2-3,6-8H,4-5H2,1H3. The minimum absolute atomic E-state index is 0.455. The van der Waals surface area contributed by atoms with E-state index in [2.05, 4.69) is 20.2 Å². The van der Waals surface area contributed by atoms with Crippen LogP contribution in [0.5, 0.6) is 0 Å². The van der Waals surface area contributed by atoms with Crippen LogP contribution >= 0.6 is 23.4 Å². The molecule has 22 heavy (non-hydrogen) atoms. The topological polar surface area (TPSA) is 69.6 Å². The van der Waals surface area contributed by atoms with E-state index in [9.17, 15) is 0 Å². The second-order valence-electron chi connectivity index (χ2n) is 5.11. The van der Waals surface area contributed by atoms with E-state index < -0.39 is 0 Å². The fraction of sp³-hybridized carbons (Fsp3) is 0.286. The fourth-order valence-electron chi connectivity index (χ4n) is 2.11. The Morgan fingerprint density at radius 2 is 2.18 bits per heavy atom. The maximum Gasteiger partial charge on any atom is 0.200 e. The van der Waals surface area contributed by atoms with Gasteiger partial charge in [0.25, 0.3) is 0 Å². The molecule has 1 saturated carbocycles. The number of hydrogen-bond acceptors (Lipinski definition) is 6. The van der Waals surface area contributed by atoms with Crippen LogP contribution in [0.3, 0.4) is 0 Å². The predicted octanol–water partition coefficient (Wildman–Crippen LogP) is 3.55. The summed E-state index contributed by atoms with van der Waals surface area (Å²) in [4.78, 5) is 8.86. The molecule has 3 aromatic heterocycles. The highest BCUT2D eigenvalue weighted by Crippen LogP contribution is 2.39. The normalized spacial score (nSPS) is 14.5. The lowest BCUT2D eigenvalue weighted by Crippen LogP contribution is -1.97. The van der Waals surface area contributed by atoms with E-state index in [0.29, 0.717) is 22.7 Å². The zero-order valence-corrected chi connectivity index (χ0v) is 13.3. The molecular weight excluding hydrogens is 322 g/mol. The lowest BCUT2D eigenvalue weighted by Gasteiger charge is -2.04. The Kier molecular flexibility index (Phi) is 3.38. The van der Waals surface area contributed by atoms with E-state index in [1.54, 1.807) is 12.3 Å². The summed E-state index contributed by atoms with van der Waals surface area (Å²) in [5.74, 6) is 2.64. The van der Waals surface area contributed by atoms with Gasteiger partial charge in [0.15, 0.2) is 16.7 Å². The molecule has 0 aliphatic heterocycles. The Morgan fingerprint density at radius 1 is 1.32 bits per heavy atom. The second-order valence-corrected chi connectivity index (χ2v) is 6.48. The van der Waals surface area contributed by atoms with E-state index >= 15 is 0 Å². The summed E-state index contributed by atoms with van der Waals surface area (Å²) in [6.45, 7) is 0. The van der Waals surface area contributed by atoms with Crippen LogP contribution in [-0.2, 0) is 7.05 Å². The maximum absolute atomic E-state index is 6.09. The van der Waals surface area contributed by atoms with Crippen molar-refractivity contribution in [3.8, 4) is 11.6 Å². The monoisotopic (exact) mass is 333 g/mol. The molecule has 0 spiro atoms. The molecular formula is C14H12ClN5OS. The lowest BCUT2D eigenvalue weighted by atomic mass is 10.4. The average molecular weight is 334 g/mol. The maximum atomic E-state index is 6.09. The molecule has 8 heteroatoms. The van der Waals surface area contributed by atoms with Gasteiger partial charge < -0.3 is 8.98 Å². The van der Waals surface area contributed by atoms with Gasteiger partial charge in [-0.1, -0.05) is 11.6 Å². The van der Waals surface area contributed by atoms with Crippen LogP contribution in [0.15, 0.2) is 39.1 Å². The van der Waals surface area contributed by atoms with Crippen LogP contribution in [0.4, 0.5) is 0 Å². The molecule has 0 amide bonds. The molecule has 0 aromatic carbocycles. The van der Waals surface area contributed by atoms with E-state index in [1.165, 1.54) is 11.8 Å². The van der Waals surface area contributed by atoms with Gasteiger partial charge in [-0.2, -0.15) is 0 Å². The zero-order valence-electron chi connectivity index (χ0n) is 11.7. The highest BCUT2D eigenvalue weighted by atomic mass is 35.5. The first-order valence-electron chi connectivity index (χ1n) is 6.86. The van der Waals surface area contributed by atoms with Gasteiger partial charge in [-0.05, 0) is 36.7 Å². The van der Waals surface area contributed by atoms with Gasteiger partial charge in [-0.15, -0.1) is 10.2 Å². The average Bonchev–Trinajstić information content (AvgIpc) is 3.10. The van der Waals surface area contributed by atoms with E-state index in [4.69, 9.17) is 16.0 Å². The third kappa shape index (κ3) is 2.62. The molecule has 0 bridgehead atoms. The van der Waals surface area contributed by atoms with Crippen molar-refractivity contribution in [2.45, 2.75) is 28.9 Å². The summed E-state index contributed by atoms with van der Waals surface area (Å²) >= 11 is 7.51. The van der Waals surface area contributed by atoms with Crippen LogP contribution < -0.4 is 0 Å². The fourth-order valence-corrected chi connectivity index (χ4v) is 3.16. The molecule has 6 nitrogen and oxygen atoms in total. The second kappa shape index (κ2) is 5.40. The third-order valence-electron chi connectivity index (χ3n) is 3.40. The molecule has 0 unspecified atom stereocenters. The van der Waals surface area contributed by atoms with Crippen molar-refractivity contribution < 1.29 is 4.42 Å². The molecule has 1 fully saturated rings. The first-order valence-corrected chi connectivity index (χ1v) is 8.06. The number of furan rings is 1. The van der Waals surface area contributed by atoms with Crippen molar-refractivity contribution in [1.82, 2.24) is 24.7 Å². The molecule has 0 saturated heterocycles. The number of halogens is 1. The van der Waals surface area contributed by atoms with Gasteiger partial charge in [0.1, 0.15) is 16.0 Å². The van der Waals surface area contributed by atoms with Gasteiger partial charge in [0.2, 0.25) is 0 Å². The van der Waals surface area contributed by atoms with Gasteiger partial charge in [0, 0.05) is 19.0 Å². The Bertz CT molecular complexity index is 813. The summed E-state index contributed by atoms with van der Waals surface area (Å²) in [5, 5.41) is 10.3. The molecule has 4 rings (SSSR count). The van der Waals surface area contributed by atoms with Gasteiger partial charge >= 0.3 is 0 Å². The quantitative estimate of drug-likeness (QED) is 0.680. The largest absolute Gasteiger partial charge is 0.461 e. The van der Waals surface area contributed by atoms with Crippen LogP contribution in [0.2, 0.25) is 5.15 Å². The van der Waals surface area contributed by atoms with Crippen molar-refractivity contribution >= 4 is 23.4 Å². The van der Waals surface area contributed by atoms with E-state index in [1.807, 2.05) is 23.7 Å². The lowest BCUT2D eigenvalue weighted by molar-refractivity contribution is 0.572. The summed E-state index contributed by atoms with van der Waals surface area (Å²) in [5.41, 5.74) is 0. The highest BCUT2D eigenvalue weighted by molar-refractivity contribution is 7.99. The minimum atomic E-state index is 0.455. The van der Waals surface area contributed by atoms with Crippen molar-refractivity contribution in [3.05, 3.63) is 35.4 Å². The van der Waals surface area contributed by atoms with Crippen molar-refractivity contribution in [2.75, 3.05) is 0 Å². The molecule has 0 atom stereocenters. The Hall–Kier alpha value is -1.86. The molecule has 1 aliphatic carbocycles. The molecule has 0 N–H and O–H groups in total. The van der Waals surface area contributed by atoms with Crippen LogP contribution in [0.1, 0.15) is 24.6 Å². The Balaban J connectivity index is 1.64. The predicted molar refractivity (Wildman–Crippen MR) is 81.8 cm³/mol. The van der Waals surface area contributed by atoms with Crippen LogP contribution in [-0.4, -0.2) is 24.7 Å². The Morgan fingerprint density at radius 3 is 2.91 bits per heavy atom. The van der Waals surface area contributed by atoms with Crippen molar-refractivity contribution in [1.29, 1.82) is 0 Å². The summed E-state index contributed by atoms with van der Waals surface area (Å²) in [7, 11) is 1.89. The number of hydrogen-bond donors (Lipinski definition) is 0. The van der Waals surface area contributed by atoms with Gasteiger partial charge in [0.05, 0.1) is 6.26 Å². The van der Waals surface area contributed by atoms with Gasteiger partial charge in [-0.25, -0.2) is 9.97 Å². The smallest absolute Gasteiger partial charge is 0.200 e. The van der Waals surface area contributed by atoms with Gasteiger partial charge in [-0.3, -0.25) is 0 Å². The first-order chi connectivity index (χ1) is 10.7. The Labute approximate surface area is 135 Å². The summed E-state index contributed by atoms with van der Waals surface area (Å²) in [6, 6.07) is 5.42. The molecule has 1 aliphatic rings. The molecule has 3 heterocycles. The van der Waals surface area contributed by atoms with Crippen molar-refractivity contribution in [2.24, 2.45) is 7.05 Å². The van der Waals surface area contributed by atoms with E-state index in [-0.39, 0.29) is 0 Å². The molecule has 112 valence electrons. The first kappa shape index (κ1) is 13.8. The van der Waals surface area contributed by atoms with E-state index in [0.717, 1.165) is 28.8 Å². The SMILES string of the molecule is Cn1c(Sc2cc(Cl)nc(C3CC3)n2)nnc1-c1ccco1. The summed E-state index contributed by atoms with van der Waals surface area (Å²) < 4.78 is 7.23. The third-order valence-corrected chi connectivity index (χ3v) is 4.55. The highest BCUT2D eigenvalue weighted by Gasteiger charge is 2.27.